The summed E-state index contributed by atoms with van der Waals surface area (Å²) in [6, 6.07) is 3.96. The Kier molecular flexibility index (Phi) is 5.40. The Morgan fingerprint density at radius 2 is 1.77 bits per heavy atom. The van der Waals surface area contributed by atoms with Crippen LogP contribution in [0.15, 0.2) is 24.3 Å². The zero-order chi connectivity index (χ0) is 17.1. The summed E-state index contributed by atoms with van der Waals surface area (Å²) in [6.07, 6.45) is -0.891. The predicted octanol–water partition coefficient (Wildman–Crippen LogP) is 3.50. The summed E-state index contributed by atoms with van der Waals surface area (Å²) in [5, 5.41) is 11.8. The van der Waals surface area contributed by atoms with Gasteiger partial charge in [0, 0.05) is 10.6 Å². The molecule has 0 bridgehead atoms. The van der Waals surface area contributed by atoms with Gasteiger partial charge in [0.15, 0.2) is 0 Å². The molecule has 1 aromatic rings. The summed E-state index contributed by atoms with van der Waals surface area (Å²) >= 11 is 5.72. The quantitative estimate of drug-likeness (QED) is 0.885. The van der Waals surface area contributed by atoms with Crippen LogP contribution in [0.5, 0.6) is 0 Å². The molecule has 0 saturated heterocycles. The minimum atomic E-state index is -2.80. The second-order valence-electron chi connectivity index (χ2n) is 5.89. The summed E-state index contributed by atoms with van der Waals surface area (Å²) in [5.41, 5.74) is -3.69. The Balaban J connectivity index is 3.02. The number of hydrogen-bond acceptors (Lipinski definition) is 3. The van der Waals surface area contributed by atoms with Gasteiger partial charge >= 0.3 is 12.1 Å². The zero-order valence-electron chi connectivity index (χ0n) is 12.8. The van der Waals surface area contributed by atoms with Gasteiger partial charge in [0.25, 0.3) is 5.67 Å². The molecule has 22 heavy (non-hydrogen) atoms. The van der Waals surface area contributed by atoms with Gasteiger partial charge in [0.2, 0.25) is 0 Å². The molecule has 1 amide bonds. The fourth-order valence-electron chi connectivity index (χ4n) is 1.83. The number of hydrogen-bond donors (Lipinski definition) is 2. The number of carboxylic acids is 1. The van der Waals surface area contributed by atoms with E-state index in [2.05, 4.69) is 5.32 Å². The highest BCUT2D eigenvalue weighted by atomic mass is 35.5. The third kappa shape index (κ3) is 4.34. The lowest BCUT2D eigenvalue weighted by molar-refractivity contribution is -0.153. The maximum absolute atomic E-state index is 15.1. The molecular formula is C15H19ClFNO4. The van der Waals surface area contributed by atoms with Gasteiger partial charge in [0.1, 0.15) is 5.60 Å². The molecule has 1 aromatic carbocycles. The Morgan fingerprint density at radius 3 is 2.18 bits per heavy atom. The standard InChI is InChI=1S/C15H19ClFNO4/c1-9(18-13(21)22-14(2,3)4)15(17,12(19)20)10-5-7-11(16)8-6-10/h5-9H,1-4H3,(H,18,21)(H,19,20). The number of nitrogens with one attached hydrogen (secondary N) is 1. The lowest BCUT2D eigenvalue weighted by atomic mass is 9.89. The summed E-state index contributed by atoms with van der Waals surface area (Å²) in [6.45, 7) is 6.20. The predicted molar refractivity (Wildman–Crippen MR) is 80.7 cm³/mol. The summed E-state index contributed by atoms with van der Waals surface area (Å²) in [4.78, 5) is 23.1. The molecule has 0 aliphatic rings. The van der Waals surface area contributed by atoms with Crippen molar-refractivity contribution in [3.63, 3.8) is 0 Å². The maximum Gasteiger partial charge on any atom is 0.407 e. The van der Waals surface area contributed by atoms with Crippen LogP contribution in [-0.2, 0) is 15.2 Å². The van der Waals surface area contributed by atoms with Gasteiger partial charge in [-0.05, 0) is 39.8 Å². The first kappa shape index (κ1) is 18.2. The first-order valence-corrected chi connectivity index (χ1v) is 7.02. The minimum absolute atomic E-state index is 0.118. The first-order valence-electron chi connectivity index (χ1n) is 6.64. The number of aliphatic carboxylic acids is 1. The minimum Gasteiger partial charge on any atom is -0.479 e. The van der Waals surface area contributed by atoms with Gasteiger partial charge in [-0.15, -0.1) is 0 Å². The molecule has 5 nitrogen and oxygen atoms in total. The van der Waals surface area contributed by atoms with E-state index in [9.17, 15) is 14.7 Å². The molecule has 2 atom stereocenters. The third-order valence-corrected chi connectivity index (χ3v) is 3.16. The first-order chi connectivity index (χ1) is 9.96. The SMILES string of the molecule is CC(NC(=O)OC(C)(C)C)C(F)(C(=O)O)c1ccc(Cl)cc1. The number of rotatable bonds is 4. The van der Waals surface area contributed by atoms with Crippen molar-refractivity contribution in [3.8, 4) is 0 Å². The highest BCUT2D eigenvalue weighted by molar-refractivity contribution is 6.30. The Labute approximate surface area is 133 Å². The summed E-state index contributed by atoms with van der Waals surface area (Å²) in [7, 11) is 0. The van der Waals surface area contributed by atoms with Crippen molar-refractivity contribution >= 4 is 23.7 Å². The van der Waals surface area contributed by atoms with Crippen molar-refractivity contribution in [2.24, 2.45) is 0 Å². The summed E-state index contributed by atoms with van der Waals surface area (Å²) in [5.74, 6) is -1.71. The summed E-state index contributed by atoms with van der Waals surface area (Å²) < 4.78 is 20.1. The van der Waals surface area contributed by atoms with Crippen molar-refractivity contribution in [2.45, 2.75) is 45.0 Å². The van der Waals surface area contributed by atoms with Crippen LogP contribution in [-0.4, -0.2) is 28.8 Å². The van der Waals surface area contributed by atoms with E-state index in [0.717, 1.165) is 0 Å². The molecule has 0 fully saturated rings. The lowest BCUT2D eigenvalue weighted by Crippen LogP contribution is -2.51. The smallest absolute Gasteiger partial charge is 0.407 e. The number of carboxylic acid groups (broad SMARTS) is 1. The van der Waals surface area contributed by atoms with E-state index in [1.807, 2.05) is 0 Å². The molecule has 7 heteroatoms. The molecule has 2 N–H and O–H groups in total. The monoisotopic (exact) mass is 331 g/mol. The van der Waals surface area contributed by atoms with Crippen LogP contribution in [0.3, 0.4) is 0 Å². The molecule has 0 radical (unpaired) electrons. The van der Waals surface area contributed by atoms with Crippen molar-refractivity contribution in [3.05, 3.63) is 34.9 Å². The molecule has 0 saturated carbocycles. The van der Waals surface area contributed by atoms with Crippen molar-refractivity contribution < 1.29 is 23.8 Å². The van der Waals surface area contributed by atoms with Gasteiger partial charge in [-0.25, -0.2) is 14.0 Å². The van der Waals surface area contributed by atoms with Gasteiger partial charge in [-0.1, -0.05) is 23.7 Å². The van der Waals surface area contributed by atoms with Crippen LogP contribution in [0.2, 0.25) is 5.02 Å². The van der Waals surface area contributed by atoms with E-state index < -0.39 is 29.4 Å². The number of alkyl carbamates (subject to hydrolysis) is 1. The second kappa shape index (κ2) is 6.52. The molecule has 122 valence electrons. The molecule has 2 unspecified atom stereocenters. The van der Waals surface area contributed by atoms with E-state index in [0.29, 0.717) is 5.02 Å². The van der Waals surface area contributed by atoms with Gasteiger partial charge in [-0.3, -0.25) is 0 Å². The van der Waals surface area contributed by atoms with Gasteiger partial charge in [-0.2, -0.15) is 0 Å². The van der Waals surface area contributed by atoms with Crippen molar-refractivity contribution in [1.29, 1.82) is 0 Å². The highest BCUT2D eigenvalue weighted by Crippen LogP contribution is 2.31. The van der Waals surface area contributed by atoms with E-state index in [4.69, 9.17) is 16.3 Å². The van der Waals surface area contributed by atoms with Gasteiger partial charge in [0.05, 0.1) is 6.04 Å². The molecule has 0 heterocycles. The van der Waals surface area contributed by atoms with Crippen molar-refractivity contribution in [1.82, 2.24) is 5.32 Å². The van der Waals surface area contributed by atoms with E-state index in [1.165, 1.54) is 31.2 Å². The topological polar surface area (TPSA) is 75.6 Å². The maximum atomic E-state index is 15.1. The van der Waals surface area contributed by atoms with Crippen LogP contribution >= 0.6 is 11.6 Å². The van der Waals surface area contributed by atoms with Crippen LogP contribution in [0.25, 0.3) is 0 Å². The van der Waals surface area contributed by atoms with E-state index in [1.54, 1.807) is 20.8 Å². The Bertz CT molecular complexity index is 556. The van der Waals surface area contributed by atoms with Crippen LogP contribution in [0.1, 0.15) is 33.3 Å². The number of amides is 1. The number of carbonyl (C=O) groups is 2. The number of benzene rings is 1. The Morgan fingerprint density at radius 1 is 1.27 bits per heavy atom. The fraction of sp³-hybridized carbons (Fsp3) is 0.467. The second-order valence-corrected chi connectivity index (χ2v) is 6.33. The van der Waals surface area contributed by atoms with Gasteiger partial charge < -0.3 is 15.2 Å². The number of carbonyl (C=O) groups excluding carboxylic acids is 1. The highest BCUT2D eigenvalue weighted by Gasteiger charge is 2.47. The molecular weight excluding hydrogens is 313 g/mol. The molecule has 0 aliphatic heterocycles. The molecule has 0 aromatic heterocycles. The molecule has 0 aliphatic carbocycles. The van der Waals surface area contributed by atoms with Crippen LogP contribution in [0, 0.1) is 0 Å². The van der Waals surface area contributed by atoms with Crippen LogP contribution < -0.4 is 5.32 Å². The van der Waals surface area contributed by atoms with Crippen LogP contribution in [0.4, 0.5) is 9.18 Å². The van der Waals surface area contributed by atoms with Crippen molar-refractivity contribution in [2.75, 3.05) is 0 Å². The van der Waals surface area contributed by atoms with E-state index in [-0.39, 0.29) is 5.56 Å². The lowest BCUT2D eigenvalue weighted by Gasteiger charge is -2.29. The fourth-order valence-corrected chi connectivity index (χ4v) is 1.96. The molecule has 1 rings (SSSR count). The number of alkyl halides is 1. The normalized spacial score (nSPS) is 15.5. The average molecular weight is 332 g/mol. The Hall–Kier alpha value is -1.82. The average Bonchev–Trinajstić information content (AvgIpc) is 2.35. The zero-order valence-corrected chi connectivity index (χ0v) is 13.6. The molecule has 0 spiro atoms. The largest absolute Gasteiger partial charge is 0.479 e. The third-order valence-electron chi connectivity index (χ3n) is 2.91. The number of halogens is 2. The van der Waals surface area contributed by atoms with E-state index >= 15 is 4.39 Å². The number of ether oxygens (including phenoxy) is 1.